The molecule has 0 spiro atoms. The number of nitrogens with one attached hydrogen (secondary N) is 1. The molecule has 1 amide bonds. The fraction of sp³-hybridized carbons (Fsp3) is 0.0769. The summed E-state index contributed by atoms with van der Waals surface area (Å²) in [6, 6.07) is 10.1. The summed E-state index contributed by atoms with van der Waals surface area (Å²) in [5.41, 5.74) is 0.779. The Hall–Kier alpha value is -2.27. The van der Waals surface area contributed by atoms with Gasteiger partial charge in [-0.15, -0.1) is 0 Å². The Kier molecular flexibility index (Phi) is 3.87. The normalized spacial score (nSPS) is 10.2. The van der Waals surface area contributed by atoms with Gasteiger partial charge in [-0.1, -0.05) is 11.6 Å². The van der Waals surface area contributed by atoms with Crippen LogP contribution >= 0.6 is 11.6 Å². The van der Waals surface area contributed by atoms with Crippen LogP contribution in [-0.2, 0) is 4.79 Å². The molecule has 2 rings (SSSR count). The highest BCUT2D eigenvalue weighted by Crippen LogP contribution is 2.23. The smallest absolute Gasteiger partial charge is 0.322 e. The van der Waals surface area contributed by atoms with E-state index in [4.69, 9.17) is 21.1 Å². The van der Waals surface area contributed by atoms with Crippen molar-refractivity contribution in [3.05, 3.63) is 47.2 Å². The molecular weight excluding hydrogens is 270 g/mol. The summed E-state index contributed by atoms with van der Waals surface area (Å²) in [6.07, 6.45) is 0. The lowest BCUT2D eigenvalue weighted by atomic mass is 10.2. The van der Waals surface area contributed by atoms with E-state index in [2.05, 4.69) is 5.32 Å². The van der Waals surface area contributed by atoms with Crippen LogP contribution < -0.4 is 5.32 Å². The quantitative estimate of drug-likeness (QED) is 0.901. The monoisotopic (exact) mass is 279 g/mol. The minimum atomic E-state index is -1.11. The topological polar surface area (TPSA) is 79.5 Å². The van der Waals surface area contributed by atoms with Crippen LogP contribution in [0.3, 0.4) is 0 Å². The molecule has 0 bridgehead atoms. The van der Waals surface area contributed by atoms with E-state index in [1.807, 2.05) is 0 Å². The molecule has 0 atom stereocenters. The number of hydrogen-bond donors (Lipinski definition) is 2. The van der Waals surface area contributed by atoms with Gasteiger partial charge >= 0.3 is 5.97 Å². The molecule has 0 aliphatic heterocycles. The van der Waals surface area contributed by atoms with E-state index in [1.165, 1.54) is 6.07 Å². The summed E-state index contributed by atoms with van der Waals surface area (Å²) >= 11 is 5.78. The van der Waals surface area contributed by atoms with Crippen LogP contribution in [0.25, 0.3) is 11.3 Å². The van der Waals surface area contributed by atoms with Crippen LogP contribution in [-0.4, -0.2) is 23.5 Å². The molecule has 2 N–H and O–H groups in total. The van der Waals surface area contributed by atoms with Crippen molar-refractivity contribution in [2.45, 2.75) is 0 Å². The molecule has 0 fully saturated rings. The Morgan fingerprint density at radius 3 is 2.47 bits per heavy atom. The number of amides is 1. The Labute approximate surface area is 113 Å². The fourth-order valence-electron chi connectivity index (χ4n) is 1.47. The molecule has 1 aromatic carbocycles. The number of carbonyl (C=O) groups excluding carboxylic acids is 1. The minimum Gasteiger partial charge on any atom is -0.480 e. The van der Waals surface area contributed by atoms with Crippen molar-refractivity contribution >= 4 is 23.5 Å². The number of carboxylic acids is 1. The van der Waals surface area contributed by atoms with Crippen LogP contribution in [0.2, 0.25) is 5.02 Å². The molecule has 1 aromatic heterocycles. The van der Waals surface area contributed by atoms with Gasteiger partial charge in [-0.25, -0.2) is 0 Å². The zero-order chi connectivity index (χ0) is 13.8. The van der Waals surface area contributed by atoms with E-state index in [9.17, 15) is 9.59 Å². The highest BCUT2D eigenvalue weighted by Gasteiger charge is 2.12. The van der Waals surface area contributed by atoms with E-state index < -0.39 is 18.4 Å². The summed E-state index contributed by atoms with van der Waals surface area (Å²) in [4.78, 5) is 21.9. The van der Waals surface area contributed by atoms with Gasteiger partial charge in [-0.2, -0.15) is 0 Å². The third-order valence-corrected chi connectivity index (χ3v) is 2.61. The second-order valence-corrected chi connectivity index (χ2v) is 4.18. The van der Waals surface area contributed by atoms with Gasteiger partial charge in [0, 0.05) is 10.6 Å². The van der Waals surface area contributed by atoms with Crippen LogP contribution in [0.1, 0.15) is 10.6 Å². The second-order valence-electron chi connectivity index (χ2n) is 3.75. The summed E-state index contributed by atoms with van der Waals surface area (Å²) < 4.78 is 5.36. The Bertz CT molecular complexity index is 603. The summed E-state index contributed by atoms with van der Waals surface area (Å²) in [7, 11) is 0. The molecule has 1 heterocycles. The number of furan rings is 1. The third-order valence-electron chi connectivity index (χ3n) is 2.36. The number of benzene rings is 1. The lowest BCUT2D eigenvalue weighted by Gasteiger charge is -1.99. The minimum absolute atomic E-state index is 0.0613. The largest absolute Gasteiger partial charge is 0.480 e. The van der Waals surface area contributed by atoms with E-state index >= 15 is 0 Å². The predicted octanol–water partition coefficient (Wildman–Crippen LogP) is 2.41. The number of hydrogen-bond acceptors (Lipinski definition) is 3. The fourth-order valence-corrected chi connectivity index (χ4v) is 1.60. The summed E-state index contributed by atoms with van der Waals surface area (Å²) in [5.74, 6) is -1.11. The Morgan fingerprint density at radius 1 is 1.16 bits per heavy atom. The van der Waals surface area contributed by atoms with E-state index in [0.717, 1.165) is 5.56 Å². The van der Waals surface area contributed by atoms with Crippen molar-refractivity contribution in [2.24, 2.45) is 0 Å². The van der Waals surface area contributed by atoms with Crippen molar-refractivity contribution in [3.63, 3.8) is 0 Å². The molecule has 0 aliphatic carbocycles. The van der Waals surface area contributed by atoms with Gasteiger partial charge in [0.25, 0.3) is 5.91 Å². The summed E-state index contributed by atoms with van der Waals surface area (Å²) in [5, 5.41) is 11.3. The van der Waals surface area contributed by atoms with Crippen LogP contribution in [0.5, 0.6) is 0 Å². The van der Waals surface area contributed by atoms with Gasteiger partial charge < -0.3 is 14.8 Å². The molecule has 0 unspecified atom stereocenters. The average Bonchev–Trinajstić information content (AvgIpc) is 2.86. The van der Waals surface area contributed by atoms with Gasteiger partial charge in [-0.3, -0.25) is 9.59 Å². The highest BCUT2D eigenvalue weighted by atomic mass is 35.5. The first kappa shape index (κ1) is 13.2. The number of aliphatic carboxylic acids is 1. The number of halogens is 1. The van der Waals surface area contributed by atoms with Crippen molar-refractivity contribution in [2.75, 3.05) is 6.54 Å². The summed E-state index contributed by atoms with van der Waals surface area (Å²) in [6.45, 7) is -0.449. The first-order chi connectivity index (χ1) is 9.06. The zero-order valence-electron chi connectivity index (χ0n) is 9.72. The van der Waals surface area contributed by atoms with Gasteiger partial charge in [0.1, 0.15) is 12.3 Å². The van der Waals surface area contributed by atoms with Gasteiger partial charge in [0.05, 0.1) is 0 Å². The molecule has 0 saturated heterocycles. The average molecular weight is 280 g/mol. The number of carbonyl (C=O) groups is 2. The maximum Gasteiger partial charge on any atom is 0.322 e. The Balaban J connectivity index is 2.12. The molecule has 98 valence electrons. The first-order valence-corrected chi connectivity index (χ1v) is 5.80. The standard InChI is InChI=1S/C13H10ClNO4/c14-9-3-1-8(2-4-9)10-5-6-11(19-10)13(18)15-7-12(16)17/h1-6H,7H2,(H,15,18)(H,16,17). The SMILES string of the molecule is O=C(O)CNC(=O)c1ccc(-c2ccc(Cl)cc2)o1. The van der Waals surface area contributed by atoms with Gasteiger partial charge in [0.2, 0.25) is 0 Å². The lowest BCUT2D eigenvalue weighted by Crippen LogP contribution is -2.28. The molecule has 2 aromatic rings. The van der Waals surface area contributed by atoms with Crippen molar-refractivity contribution in [3.8, 4) is 11.3 Å². The number of carboxylic acid groups (broad SMARTS) is 1. The van der Waals surface area contributed by atoms with Gasteiger partial charge in [-0.05, 0) is 36.4 Å². The third kappa shape index (κ3) is 3.35. The van der Waals surface area contributed by atoms with Crippen molar-refractivity contribution < 1.29 is 19.1 Å². The molecule has 6 heteroatoms. The molecule has 19 heavy (non-hydrogen) atoms. The second kappa shape index (κ2) is 5.58. The molecular formula is C13H10ClNO4. The predicted molar refractivity (Wildman–Crippen MR) is 69.1 cm³/mol. The molecule has 0 saturated carbocycles. The lowest BCUT2D eigenvalue weighted by molar-refractivity contribution is -0.135. The Morgan fingerprint density at radius 2 is 1.84 bits per heavy atom. The molecule has 0 aliphatic rings. The van der Waals surface area contributed by atoms with Crippen LogP contribution in [0.4, 0.5) is 0 Å². The van der Waals surface area contributed by atoms with Crippen molar-refractivity contribution in [1.82, 2.24) is 5.32 Å². The molecule has 5 nitrogen and oxygen atoms in total. The zero-order valence-corrected chi connectivity index (χ0v) is 10.5. The highest BCUT2D eigenvalue weighted by molar-refractivity contribution is 6.30. The van der Waals surface area contributed by atoms with Crippen LogP contribution in [0, 0.1) is 0 Å². The van der Waals surface area contributed by atoms with Crippen molar-refractivity contribution in [1.29, 1.82) is 0 Å². The van der Waals surface area contributed by atoms with E-state index in [0.29, 0.717) is 10.8 Å². The first-order valence-electron chi connectivity index (χ1n) is 5.42. The van der Waals surface area contributed by atoms with E-state index in [-0.39, 0.29) is 5.76 Å². The maximum atomic E-state index is 11.6. The number of rotatable bonds is 4. The van der Waals surface area contributed by atoms with Crippen LogP contribution in [0.15, 0.2) is 40.8 Å². The maximum absolute atomic E-state index is 11.6. The molecule has 0 radical (unpaired) electrons. The van der Waals surface area contributed by atoms with Gasteiger partial charge in [0.15, 0.2) is 5.76 Å². The van der Waals surface area contributed by atoms with E-state index in [1.54, 1.807) is 30.3 Å².